The van der Waals surface area contributed by atoms with E-state index in [0.29, 0.717) is 0 Å². The number of nitrogens with one attached hydrogen (secondary N) is 1. The molecule has 0 bridgehead atoms. The van der Waals surface area contributed by atoms with Crippen LogP contribution in [0, 0.1) is 5.41 Å². The van der Waals surface area contributed by atoms with E-state index in [1.54, 1.807) is 0 Å². The van der Waals surface area contributed by atoms with E-state index >= 15 is 0 Å². The zero-order valence-electron chi connectivity index (χ0n) is 15.3. The van der Waals surface area contributed by atoms with Gasteiger partial charge in [-0.15, -0.1) is 0 Å². The van der Waals surface area contributed by atoms with Crippen LogP contribution in [0.5, 0.6) is 0 Å². The summed E-state index contributed by atoms with van der Waals surface area (Å²) >= 11 is 0. The van der Waals surface area contributed by atoms with Crippen LogP contribution in [0.2, 0.25) is 0 Å². The predicted octanol–water partition coefficient (Wildman–Crippen LogP) is -14.6. The van der Waals surface area contributed by atoms with E-state index in [-0.39, 0.29) is 77.4 Å². The minimum absolute atomic E-state index is 0. The van der Waals surface area contributed by atoms with Crippen LogP contribution in [0.4, 0.5) is 0 Å². The summed E-state index contributed by atoms with van der Waals surface area (Å²) in [5, 5.41) is 52.7. The second kappa shape index (κ2) is 18.1. The number of carbonyl (C=O) groups is 2. The van der Waals surface area contributed by atoms with Crippen LogP contribution in [0.3, 0.4) is 0 Å². The van der Waals surface area contributed by atoms with Gasteiger partial charge >= 0.3 is 72.4 Å². The third-order valence-electron chi connectivity index (χ3n) is 2.69. The van der Waals surface area contributed by atoms with Crippen LogP contribution in [0.25, 0.3) is 0 Å². The summed E-state index contributed by atoms with van der Waals surface area (Å²) in [6.45, 7) is -1.80. The molecule has 0 aromatic heterocycles. The van der Waals surface area contributed by atoms with Crippen LogP contribution < -0.4 is 65.0 Å². The maximum absolute atomic E-state index is 11.4. The van der Waals surface area contributed by atoms with E-state index < -0.39 is 63.3 Å². The van der Waals surface area contributed by atoms with Crippen molar-refractivity contribution in [3.8, 4) is 0 Å². The van der Waals surface area contributed by atoms with Gasteiger partial charge in [-0.1, -0.05) is 0 Å². The van der Waals surface area contributed by atoms with Crippen molar-refractivity contribution >= 4 is 48.8 Å². The number of aliphatic hydroxyl groups excluding tert-OH is 5. The molecule has 0 fully saturated rings. The van der Waals surface area contributed by atoms with Crippen LogP contribution in [0.15, 0.2) is 0 Å². The van der Waals surface area contributed by atoms with E-state index in [9.17, 15) is 34.4 Å². The monoisotopic (exact) mass is 505 g/mol. The number of guanidine groups is 1. The van der Waals surface area contributed by atoms with Crippen LogP contribution in [-0.4, -0.2) is 116 Å². The van der Waals surface area contributed by atoms with Gasteiger partial charge in [-0.2, -0.15) is 0 Å². The van der Waals surface area contributed by atoms with Crippen molar-refractivity contribution in [2.45, 2.75) is 24.4 Å². The molecule has 162 valence electrons. The number of aliphatic hydroxyl groups is 5. The largest absolute Gasteiger partial charge is 2.00 e. The van der Waals surface area contributed by atoms with Crippen molar-refractivity contribution in [1.82, 2.24) is 4.90 Å². The summed E-state index contributed by atoms with van der Waals surface area (Å²) in [5.74, 6) is -4.05. The zero-order valence-corrected chi connectivity index (χ0v) is 21.2. The van der Waals surface area contributed by atoms with Gasteiger partial charge < -0.3 is 74.9 Å². The molecule has 1 unspecified atom stereocenters. The number of likely N-dealkylation sites (N-methyl/N-ethyl adjacent to an activating group) is 1. The molecular weight excluding hydrogens is 487 g/mol. The molecule has 0 amide bonds. The first-order valence-corrected chi connectivity index (χ1v) is 7.93. The Balaban J connectivity index is -0.000000480. The van der Waals surface area contributed by atoms with Crippen molar-refractivity contribution in [2.24, 2.45) is 5.73 Å². The van der Waals surface area contributed by atoms with Crippen molar-refractivity contribution in [2.75, 3.05) is 20.2 Å². The molecule has 0 heterocycles. The normalized spacial score (nSPS) is 15.7. The summed E-state index contributed by atoms with van der Waals surface area (Å²) in [4.78, 5) is 34.9. The summed E-state index contributed by atoms with van der Waals surface area (Å²) in [6.07, 6.45) is -9.19. The van der Waals surface area contributed by atoms with Crippen molar-refractivity contribution in [1.29, 1.82) is 5.41 Å². The molecule has 14 nitrogen and oxygen atoms in total. The van der Waals surface area contributed by atoms with Gasteiger partial charge in [-0.3, -0.25) is 5.41 Å². The van der Waals surface area contributed by atoms with E-state index in [1.807, 2.05) is 0 Å². The quantitative estimate of drug-likeness (QED) is 0.0665. The van der Waals surface area contributed by atoms with Crippen molar-refractivity contribution in [3.63, 3.8) is 0 Å². The molecule has 0 spiro atoms. The van der Waals surface area contributed by atoms with Crippen molar-refractivity contribution in [3.05, 3.63) is 0 Å². The molecule has 0 aliphatic heterocycles. The first-order chi connectivity index (χ1) is 11.3. The minimum atomic E-state index is -5.60. The van der Waals surface area contributed by atoms with E-state index in [2.05, 4.69) is 9.05 Å². The molecule has 8 N–H and O–H groups in total. The van der Waals surface area contributed by atoms with Crippen LogP contribution in [-0.2, 0) is 23.2 Å². The summed E-state index contributed by atoms with van der Waals surface area (Å²) in [7, 11) is -4.43. The van der Waals surface area contributed by atoms with Gasteiger partial charge in [0.05, 0.1) is 6.61 Å². The summed E-state index contributed by atoms with van der Waals surface area (Å²) < 4.78 is 19.0. The maximum atomic E-state index is 11.4. The minimum Gasteiger partial charge on any atom is -1.00 e. The summed E-state index contributed by atoms with van der Waals surface area (Å²) in [6, 6.07) is 0. The zero-order chi connectivity index (χ0) is 19.9. The third-order valence-corrected chi connectivity index (χ3v) is 3.52. The molecule has 0 saturated carbocycles. The number of hydrogen-bond donors (Lipinski definition) is 7. The Morgan fingerprint density at radius 3 is 2.00 bits per heavy atom. The average molecular weight is 506 g/mol. The van der Waals surface area contributed by atoms with E-state index in [1.165, 1.54) is 7.05 Å². The molecule has 0 saturated heterocycles. The molecule has 5 atom stereocenters. The number of hydrogen-bond acceptors (Lipinski definition) is 12. The topological polar surface area (TPSA) is 247 Å². The molecule has 19 heteroatoms. The number of nitrogens with zero attached hydrogens (tertiary/aromatic N) is 1. The second-order valence-corrected chi connectivity index (χ2v) is 6.00. The molecule has 0 radical (unpaired) electrons. The first kappa shape index (κ1) is 40.0. The van der Waals surface area contributed by atoms with Gasteiger partial charge in [0, 0.05) is 7.05 Å². The van der Waals surface area contributed by atoms with Crippen molar-refractivity contribution < 1.29 is 108 Å². The molecule has 0 aromatic rings. The van der Waals surface area contributed by atoms with Gasteiger partial charge in [0.1, 0.15) is 24.9 Å². The standard InChI is InChI=1S/C10H20N3O11P.2ClH.Mg.Na/c1-13(10(11)12)2-5(16)23-25(21,22)24-9(20)8(19)7(18)6(17)4(15)3-14;;;;/h4,6-8,14-15,17-19H,2-3H2,1H3,(H3,11,12)(H,21,22);2*1H;;/q;;;+2;+1/p-3/t4-,6-,7+,8-;;;;/m1..../s1. The third kappa shape index (κ3) is 15.1. The maximum Gasteiger partial charge on any atom is 2.00 e. The molecule has 0 aliphatic rings. The first-order valence-electron chi connectivity index (χ1n) is 6.47. The van der Waals surface area contributed by atoms with Gasteiger partial charge in [-0.25, -0.2) is 14.2 Å². The van der Waals surface area contributed by atoms with Crippen LogP contribution in [0.1, 0.15) is 0 Å². The summed E-state index contributed by atoms with van der Waals surface area (Å²) in [5.41, 5.74) is 5.01. The Morgan fingerprint density at radius 1 is 1.17 bits per heavy atom. The SMILES string of the molecule is CN(CC(=O)OP(=O)([O-])OC(=O)[C@H](O)[C@@H](O)[C@H](O)[C@H](O)CO)C(=N)N.[Cl-].[Cl-].[Mg+2].[Na+]. The fraction of sp³-hybridized carbons (Fsp3) is 0.700. The molecular formula is C10H19Cl2MgN3NaO11P. The van der Waals surface area contributed by atoms with Crippen LogP contribution >= 0.6 is 7.82 Å². The van der Waals surface area contributed by atoms with E-state index in [0.717, 1.165) is 4.90 Å². The van der Waals surface area contributed by atoms with Gasteiger partial charge in [0.2, 0.25) is 0 Å². The fourth-order valence-corrected chi connectivity index (χ4v) is 1.95. The Bertz CT molecular complexity index is 567. The van der Waals surface area contributed by atoms with E-state index in [4.69, 9.17) is 21.4 Å². The fourth-order valence-electron chi connectivity index (χ4n) is 1.28. The number of rotatable bonds is 9. The Morgan fingerprint density at radius 2 is 1.62 bits per heavy atom. The predicted molar refractivity (Wildman–Crippen MR) is 81.2 cm³/mol. The Hall–Kier alpha value is 0.546. The van der Waals surface area contributed by atoms with Gasteiger partial charge in [-0.05, 0) is 0 Å². The smallest absolute Gasteiger partial charge is 1.00 e. The molecule has 0 aliphatic carbocycles. The number of phosphoric acid groups is 1. The number of halogens is 2. The number of nitrogens with two attached hydrogens (primary N) is 1. The molecule has 29 heavy (non-hydrogen) atoms. The van der Waals surface area contributed by atoms with Gasteiger partial charge in [0.25, 0.3) is 0 Å². The Labute approximate surface area is 216 Å². The Kier molecular flexibility index (Phi) is 25.0. The number of carbonyl (C=O) groups excluding carboxylic acids is 2. The molecule has 0 aromatic carbocycles. The average Bonchev–Trinajstić information content (AvgIpc) is 2.50. The van der Waals surface area contributed by atoms with Gasteiger partial charge in [0.15, 0.2) is 12.1 Å². The molecule has 0 rings (SSSR count). The second-order valence-electron chi connectivity index (χ2n) is 4.74. The number of phosphoric ester groups is 1.